The Balaban J connectivity index is 2.13. The van der Waals surface area contributed by atoms with Gasteiger partial charge in [-0.1, -0.05) is 15.9 Å². The lowest BCUT2D eigenvalue weighted by Crippen LogP contribution is -2.31. The number of nitrogens with zero attached hydrogens (tertiary/aromatic N) is 1. The number of carbonyl (C=O) groups is 1. The fourth-order valence-electron chi connectivity index (χ4n) is 2.12. The van der Waals surface area contributed by atoms with Crippen molar-refractivity contribution in [3.8, 4) is 5.75 Å². The van der Waals surface area contributed by atoms with Gasteiger partial charge in [0.25, 0.3) is 0 Å². The van der Waals surface area contributed by atoms with E-state index in [0.29, 0.717) is 23.9 Å². The number of halogens is 1. The minimum atomic E-state index is -0.569. The van der Waals surface area contributed by atoms with E-state index in [2.05, 4.69) is 15.9 Å². The van der Waals surface area contributed by atoms with E-state index in [0.717, 1.165) is 0 Å². The Labute approximate surface area is 124 Å². The van der Waals surface area contributed by atoms with Gasteiger partial charge in [-0.15, -0.1) is 0 Å². The fraction of sp³-hybridized carbons (Fsp3) is 0.462. The molecule has 0 radical (unpaired) electrons. The summed E-state index contributed by atoms with van der Waals surface area (Å²) in [5.41, 5.74) is -0.229. The number of carbonyl (C=O) groups excluding carboxylic acids is 1. The third kappa shape index (κ3) is 3.55. The summed E-state index contributed by atoms with van der Waals surface area (Å²) in [4.78, 5) is 22.4. The van der Waals surface area contributed by atoms with Gasteiger partial charge >= 0.3 is 11.7 Å². The van der Waals surface area contributed by atoms with E-state index in [1.807, 2.05) is 6.92 Å². The van der Waals surface area contributed by atoms with E-state index in [-0.39, 0.29) is 23.5 Å². The summed E-state index contributed by atoms with van der Waals surface area (Å²) in [6, 6.07) is 4.33. The molecule has 1 saturated heterocycles. The van der Waals surface area contributed by atoms with Gasteiger partial charge in [0, 0.05) is 17.1 Å². The monoisotopic (exact) mass is 343 g/mol. The number of ether oxygens (including phenoxy) is 2. The first-order chi connectivity index (χ1) is 9.47. The van der Waals surface area contributed by atoms with Crippen molar-refractivity contribution in [3.05, 3.63) is 32.8 Å². The Kier molecular flexibility index (Phi) is 4.72. The second-order valence-corrected chi connectivity index (χ2v) is 5.61. The van der Waals surface area contributed by atoms with E-state index in [1.165, 1.54) is 12.1 Å². The summed E-state index contributed by atoms with van der Waals surface area (Å²) in [7, 11) is 0. The number of nitro benzene ring substituents is 1. The Morgan fingerprint density at radius 1 is 1.55 bits per heavy atom. The number of esters is 1. The smallest absolute Gasteiger partial charge is 0.314 e. The molecule has 108 valence electrons. The molecule has 0 aliphatic carbocycles. The predicted octanol–water partition coefficient (Wildman–Crippen LogP) is 3.08. The van der Waals surface area contributed by atoms with Crippen LogP contribution in [0.25, 0.3) is 0 Å². The molecule has 1 aliphatic rings. The number of hydrogen-bond acceptors (Lipinski definition) is 5. The highest BCUT2D eigenvalue weighted by Crippen LogP contribution is 2.31. The van der Waals surface area contributed by atoms with Gasteiger partial charge in [0.2, 0.25) is 5.75 Å². The molecule has 0 saturated carbocycles. The molecule has 0 amide bonds. The van der Waals surface area contributed by atoms with Crippen molar-refractivity contribution in [3.63, 3.8) is 0 Å². The third-order valence-corrected chi connectivity index (χ3v) is 3.64. The molecule has 2 unspecified atom stereocenters. The topological polar surface area (TPSA) is 78.7 Å². The molecular formula is C13H14BrNO5. The van der Waals surface area contributed by atoms with Crippen LogP contribution in [-0.2, 0) is 9.53 Å². The van der Waals surface area contributed by atoms with Crippen LogP contribution in [0.1, 0.15) is 19.8 Å². The summed E-state index contributed by atoms with van der Waals surface area (Å²) >= 11 is 3.15. The summed E-state index contributed by atoms with van der Waals surface area (Å²) in [6.07, 6.45) is 1.15. The van der Waals surface area contributed by atoms with Crippen LogP contribution in [0.3, 0.4) is 0 Å². The lowest BCUT2D eigenvalue weighted by molar-refractivity contribution is -0.385. The SMILES string of the molecule is CC1CC(C(=O)Oc2ccc(Br)cc2[N+](=O)[O-])CCO1. The van der Waals surface area contributed by atoms with Crippen LogP contribution in [0.15, 0.2) is 22.7 Å². The summed E-state index contributed by atoms with van der Waals surface area (Å²) in [5, 5.41) is 11.0. The Bertz CT molecular complexity index is 533. The first kappa shape index (κ1) is 14.9. The summed E-state index contributed by atoms with van der Waals surface area (Å²) in [6.45, 7) is 2.39. The molecule has 1 aromatic rings. The van der Waals surface area contributed by atoms with Gasteiger partial charge in [0.15, 0.2) is 0 Å². The molecule has 0 spiro atoms. The molecule has 0 aromatic heterocycles. The lowest BCUT2D eigenvalue weighted by atomic mass is 9.96. The number of hydrogen-bond donors (Lipinski definition) is 0. The van der Waals surface area contributed by atoms with Gasteiger partial charge in [-0.05, 0) is 31.9 Å². The van der Waals surface area contributed by atoms with Crippen molar-refractivity contribution in [2.24, 2.45) is 5.92 Å². The van der Waals surface area contributed by atoms with Gasteiger partial charge in [-0.2, -0.15) is 0 Å². The molecular weight excluding hydrogens is 330 g/mol. The largest absolute Gasteiger partial charge is 0.419 e. The third-order valence-electron chi connectivity index (χ3n) is 3.15. The van der Waals surface area contributed by atoms with Crippen molar-refractivity contribution < 1.29 is 19.2 Å². The molecule has 1 aromatic carbocycles. The highest BCUT2D eigenvalue weighted by molar-refractivity contribution is 9.10. The zero-order valence-electron chi connectivity index (χ0n) is 10.9. The van der Waals surface area contributed by atoms with E-state index in [1.54, 1.807) is 6.07 Å². The zero-order chi connectivity index (χ0) is 14.7. The fourth-order valence-corrected chi connectivity index (χ4v) is 2.47. The maximum atomic E-state index is 12.1. The molecule has 1 heterocycles. The Hall–Kier alpha value is -1.47. The van der Waals surface area contributed by atoms with E-state index >= 15 is 0 Å². The predicted molar refractivity (Wildman–Crippen MR) is 74.6 cm³/mol. The van der Waals surface area contributed by atoms with Crippen molar-refractivity contribution in [2.75, 3.05) is 6.61 Å². The average molecular weight is 344 g/mol. The van der Waals surface area contributed by atoms with Gasteiger partial charge in [-0.3, -0.25) is 14.9 Å². The van der Waals surface area contributed by atoms with Gasteiger partial charge in [0.05, 0.1) is 16.9 Å². The molecule has 2 rings (SSSR count). The summed E-state index contributed by atoms with van der Waals surface area (Å²) in [5.74, 6) is -0.741. The maximum Gasteiger partial charge on any atom is 0.314 e. The highest BCUT2D eigenvalue weighted by Gasteiger charge is 2.29. The van der Waals surface area contributed by atoms with Crippen LogP contribution in [0.5, 0.6) is 5.75 Å². The van der Waals surface area contributed by atoms with E-state index in [9.17, 15) is 14.9 Å². The van der Waals surface area contributed by atoms with E-state index in [4.69, 9.17) is 9.47 Å². The molecule has 0 N–H and O–H groups in total. The van der Waals surface area contributed by atoms with Gasteiger partial charge < -0.3 is 9.47 Å². The first-order valence-electron chi connectivity index (χ1n) is 6.24. The number of rotatable bonds is 3. The minimum absolute atomic E-state index is 0.00111. The number of benzene rings is 1. The van der Waals surface area contributed by atoms with Crippen LogP contribution in [0.4, 0.5) is 5.69 Å². The summed E-state index contributed by atoms with van der Waals surface area (Å²) < 4.78 is 11.1. The molecule has 7 heteroatoms. The van der Waals surface area contributed by atoms with Crippen LogP contribution >= 0.6 is 15.9 Å². The van der Waals surface area contributed by atoms with Crippen molar-refractivity contribution in [1.29, 1.82) is 0 Å². The van der Waals surface area contributed by atoms with Crippen molar-refractivity contribution in [1.82, 2.24) is 0 Å². The average Bonchev–Trinajstić information content (AvgIpc) is 2.40. The highest BCUT2D eigenvalue weighted by atomic mass is 79.9. The molecule has 1 aliphatic heterocycles. The first-order valence-corrected chi connectivity index (χ1v) is 7.04. The van der Waals surface area contributed by atoms with Gasteiger partial charge in [0.1, 0.15) is 0 Å². The Morgan fingerprint density at radius 2 is 2.30 bits per heavy atom. The molecule has 2 atom stereocenters. The van der Waals surface area contributed by atoms with E-state index < -0.39 is 10.9 Å². The van der Waals surface area contributed by atoms with Crippen molar-refractivity contribution in [2.45, 2.75) is 25.9 Å². The van der Waals surface area contributed by atoms with Crippen LogP contribution in [0, 0.1) is 16.0 Å². The normalized spacial score (nSPS) is 22.3. The number of nitro groups is 1. The Morgan fingerprint density at radius 3 is 2.95 bits per heavy atom. The quantitative estimate of drug-likeness (QED) is 0.364. The second kappa shape index (κ2) is 6.32. The van der Waals surface area contributed by atoms with Crippen LogP contribution < -0.4 is 4.74 Å². The maximum absolute atomic E-state index is 12.1. The standard InChI is InChI=1S/C13H14BrNO5/c1-8-6-9(4-5-19-8)13(16)20-12-3-2-10(14)7-11(12)15(17)18/h2-3,7-9H,4-6H2,1H3. The van der Waals surface area contributed by atoms with Gasteiger partial charge in [-0.25, -0.2) is 0 Å². The lowest BCUT2D eigenvalue weighted by Gasteiger charge is -2.25. The second-order valence-electron chi connectivity index (χ2n) is 4.69. The molecule has 20 heavy (non-hydrogen) atoms. The minimum Gasteiger partial charge on any atom is -0.419 e. The van der Waals surface area contributed by atoms with Crippen LogP contribution in [-0.4, -0.2) is 23.6 Å². The van der Waals surface area contributed by atoms with Crippen molar-refractivity contribution >= 4 is 27.6 Å². The van der Waals surface area contributed by atoms with Crippen LogP contribution in [0.2, 0.25) is 0 Å². The molecule has 0 bridgehead atoms. The zero-order valence-corrected chi connectivity index (χ0v) is 12.5. The molecule has 1 fully saturated rings. The molecule has 6 nitrogen and oxygen atoms in total.